The van der Waals surface area contributed by atoms with Gasteiger partial charge in [0, 0.05) is 28.9 Å². The van der Waals surface area contributed by atoms with Crippen LogP contribution < -0.4 is 0 Å². The van der Waals surface area contributed by atoms with Crippen molar-refractivity contribution in [3.05, 3.63) is 93.9 Å². The molecule has 0 spiro atoms. The van der Waals surface area contributed by atoms with Crippen LogP contribution in [0.15, 0.2) is 60.8 Å². The van der Waals surface area contributed by atoms with E-state index < -0.39 is 51.2 Å². The number of para-hydroxylation sites is 1. The van der Waals surface area contributed by atoms with Gasteiger partial charge in [-0.25, -0.2) is 9.18 Å². The highest BCUT2D eigenvalue weighted by atomic mass is 35.5. The van der Waals surface area contributed by atoms with Crippen LogP contribution in [0.3, 0.4) is 0 Å². The zero-order chi connectivity index (χ0) is 24.1. The minimum atomic E-state index is -4.86. The van der Waals surface area contributed by atoms with E-state index in [1.165, 1.54) is 18.2 Å². The number of phenols is 1. The summed E-state index contributed by atoms with van der Waals surface area (Å²) in [7, 11) is 0. The number of carbonyl (C=O) groups excluding carboxylic acids is 1. The molecule has 0 amide bonds. The molecule has 33 heavy (non-hydrogen) atoms. The number of aromatic hydroxyl groups is 1. The van der Waals surface area contributed by atoms with Gasteiger partial charge in [-0.1, -0.05) is 29.8 Å². The van der Waals surface area contributed by atoms with Gasteiger partial charge in [-0.15, -0.1) is 0 Å². The Hall–Kier alpha value is -3.85. The molecule has 0 fully saturated rings. The van der Waals surface area contributed by atoms with Gasteiger partial charge in [0.1, 0.15) is 17.1 Å². The second-order valence-corrected chi connectivity index (χ2v) is 7.45. The number of hydrogen-bond acceptors (Lipinski definition) is 3. The zero-order valence-corrected chi connectivity index (χ0v) is 17.1. The first-order chi connectivity index (χ1) is 15.5. The van der Waals surface area contributed by atoms with Crippen LogP contribution in [0, 0.1) is 5.82 Å². The molecule has 1 heterocycles. The maximum atomic E-state index is 14.8. The third-order valence-corrected chi connectivity index (χ3v) is 5.37. The molecule has 168 valence electrons. The van der Waals surface area contributed by atoms with Crippen molar-refractivity contribution in [2.75, 3.05) is 0 Å². The molecule has 0 bridgehead atoms. The molecule has 4 aromatic rings. The smallest absolute Gasteiger partial charge is 0.417 e. The van der Waals surface area contributed by atoms with E-state index in [2.05, 4.69) is 0 Å². The largest absolute Gasteiger partial charge is 0.507 e. The van der Waals surface area contributed by atoms with E-state index >= 15 is 0 Å². The van der Waals surface area contributed by atoms with Gasteiger partial charge < -0.3 is 14.8 Å². The van der Waals surface area contributed by atoms with Gasteiger partial charge in [0.2, 0.25) is 0 Å². The monoisotopic (exact) mass is 477 g/mol. The molecule has 0 saturated heterocycles. The van der Waals surface area contributed by atoms with E-state index in [0.717, 1.165) is 47.2 Å². The fourth-order valence-corrected chi connectivity index (χ4v) is 3.86. The number of carboxylic acids is 1. The van der Waals surface area contributed by atoms with Crippen molar-refractivity contribution in [2.24, 2.45) is 0 Å². The Morgan fingerprint density at radius 2 is 1.67 bits per heavy atom. The number of aromatic nitrogens is 1. The molecule has 0 radical (unpaired) electrons. The highest BCUT2D eigenvalue weighted by Crippen LogP contribution is 2.38. The lowest BCUT2D eigenvalue weighted by Crippen LogP contribution is -2.14. The van der Waals surface area contributed by atoms with Crippen LogP contribution in [0.2, 0.25) is 5.02 Å². The Bertz CT molecular complexity index is 1440. The topological polar surface area (TPSA) is 79.5 Å². The highest BCUT2D eigenvalue weighted by Gasteiger charge is 2.37. The average Bonchev–Trinajstić information content (AvgIpc) is 3.13. The maximum Gasteiger partial charge on any atom is 0.417 e. The zero-order valence-electron chi connectivity index (χ0n) is 16.3. The predicted octanol–water partition coefficient (Wildman–Crippen LogP) is 6.08. The van der Waals surface area contributed by atoms with Crippen LogP contribution in [0.5, 0.6) is 5.75 Å². The number of alkyl halides is 3. The van der Waals surface area contributed by atoms with E-state index in [9.17, 15) is 32.3 Å². The van der Waals surface area contributed by atoms with Crippen LogP contribution >= 0.6 is 11.6 Å². The molecule has 1 aromatic heterocycles. The van der Waals surface area contributed by atoms with Crippen LogP contribution in [0.25, 0.3) is 16.6 Å². The molecular formula is C23H12ClF4NO4. The first-order valence-corrected chi connectivity index (χ1v) is 9.65. The van der Waals surface area contributed by atoms with Gasteiger partial charge in [-0.2, -0.15) is 13.2 Å². The fourth-order valence-electron chi connectivity index (χ4n) is 3.60. The van der Waals surface area contributed by atoms with Crippen molar-refractivity contribution in [2.45, 2.75) is 6.18 Å². The van der Waals surface area contributed by atoms with Crippen molar-refractivity contribution in [3.63, 3.8) is 0 Å². The van der Waals surface area contributed by atoms with Crippen molar-refractivity contribution >= 4 is 34.3 Å². The van der Waals surface area contributed by atoms with Crippen LogP contribution in [0.4, 0.5) is 17.6 Å². The summed E-state index contributed by atoms with van der Waals surface area (Å²) in [5.41, 5.74) is -2.74. The third kappa shape index (κ3) is 3.80. The Balaban J connectivity index is 1.98. The summed E-state index contributed by atoms with van der Waals surface area (Å²) in [6.07, 6.45) is -3.74. The molecule has 0 aliphatic carbocycles. The molecule has 0 unspecified atom stereocenters. The summed E-state index contributed by atoms with van der Waals surface area (Å²) in [6.45, 7) is 0. The summed E-state index contributed by atoms with van der Waals surface area (Å²) in [6, 6.07) is 10.1. The molecule has 2 N–H and O–H groups in total. The molecule has 0 aliphatic heterocycles. The molecule has 0 atom stereocenters. The Labute approximate surface area is 188 Å². The van der Waals surface area contributed by atoms with Gasteiger partial charge >= 0.3 is 12.1 Å². The number of ketones is 1. The number of benzene rings is 3. The van der Waals surface area contributed by atoms with Crippen molar-refractivity contribution in [3.8, 4) is 11.4 Å². The lowest BCUT2D eigenvalue weighted by atomic mass is 9.97. The number of carboxylic acid groups (broad SMARTS) is 1. The summed E-state index contributed by atoms with van der Waals surface area (Å²) in [5, 5.41) is 18.7. The van der Waals surface area contributed by atoms with Crippen molar-refractivity contribution in [1.29, 1.82) is 0 Å². The maximum absolute atomic E-state index is 14.8. The number of rotatable bonds is 4. The minimum absolute atomic E-state index is 0.00912. The number of carbonyl (C=O) groups is 2. The summed E-state index contributed by atoms with van der Waals surface area (Å²) < 4.78 is 56.6. The van der Waals surface area contributed by atoms with Crippen LogP contribution in [0.1, 0.15) is 31.8 Å². The number of hydrogen-bond donors (Lipinski definition) is 2. The normalized spacial score (nSPS) is 11.7. The van der Waals surface area contributed by atoms with Gasteiger partial charge in [0.15, 0.2) is 5.78 Å². The summed E-state index contributed by atoms with van der Waals surface area (Å²) in [5.74, 6) is -3.87. The van der Waals surface area contributed by atoms with E-state index in [1.807, 2.05) is 0 Å². The molecule has 5 nitrogen and oxygen atoms in total. The average molecular weight is 478 g/mol. The Morgan fingerprint density at radius 3 is 2.30 bits per heavy atom. The Kier molecular flexibility index (Phi) is 5.37. The molecule has 3 aromatic carbocycles. The summed E-state index contributed by atoms with van der Waals surface area (Å²) >= 11 is 5.96. The molecule has 0 saturated carbocycles. The quantitative estimate of drug-likeness (QED) is 0.276. The second-order valence-electron chi connectivity index (χ2n) is 7.04. The second kappa shape index (κ2) is 7.93. The van der Waals surface area contributed by atoms with Crippen LogP contribution in [-0.4, -0.2) is 26.5 Å². The fraction of sp³-hybridized carbons (Fsp3) is 0.0435. The van der Waals surface area contributed by atoms with E-state index in [0.29, 0.717) is 0 Å². The number of fused-ring (bicyclic) bond motifs is 1. The van der Waals surface area contributed by atoms with E-state index in [1.54, 1.807) is 0 Å². The Morgan fingerprint density at radius 1 is 0.970 bits per heavy atom. The van der Waals surface area contributed by atoms with E-state index in [4.69, 9.17) is 16.7 Å². The molecule has 0 aliphatic rings. The summed E-state index contributed by atoms with van der Waals surface area (Å²) in [4.78, 5) is 24.4. The van der Waals surface area contributed by atoms with Crippen molar-refractivity contribution in [1.82, 2.24) is 4.57 Å². The van der Waals surface area contributed by atoms with Crippen LogP contribution in [-0.2, 0) is 6.18 Å². The lowest BCUT2D eigenvalue weighted by Gasteiger charge is -2.13. The van der Waals surface area contributed by atoms with E-state index in [-0.39, 0.29) is 22.2 Å². The number of halogens is 5. The van der Waals surface area contributed by atoms with Gasteiger partial charge in [-0.05, 0) is 30.3 Å². The van der Waals surface area contributed by atoms with Gasteiger partial charge in [-0.3, -0.25) is 4.79 Å². The minimum Gasteiger partial charge on any atom is -0.507 e. The number of nitrogens with zero attached hydrogens (tertiary/aromatic N) is 1. The van der Waals surface area contributed by atoms with Crippen molar-refractivity contribution < 1.29 is 37.4 Å². The lowest BCUT2D eigenvalue weighted by molar-refractivity contribution is -0.137. The molecule has 10 heteroatoms. The van der Waals surface area contributed by atoms with Gasteiger partial charge in [0.25, 0.3) is 0 Å². The molecule has 4 rings (SSSR count). The van der Waals surface area contributed by atoms with Gasteiger partial charge in [0.05, 0.1) is 21.7 Å². The first kappa shape index (κ1) is 22.3. The molecular weight excluding hydrogens is 466 g/mol. The SMILES string of the molecule is O=C(O)c1ccc(-n2cc(C(=O)c3c(Cl)cccc3C(F)(F)F)c3cccc(F)c32)cc1O. The third-order valence-electron chi connectivity index (χ3n) is 5.06. The highest BCUT2D eigenvalue weighted by molar-refractivity contribution is 6.36. The number of aromatic carboxylic acids is 1. The first-order valence-electron chi connectivity index (χ1n) is 9.27. The standard InChI is InChI=1S/C23H12ClF4NO4/c24-16-5-2-4-15(23(26,27)28)19(16)21(31)14-10-29(20-12(14)3-1-6-17(20)25)11-7-8-13(22(32)33)18(30)9-11/h1-10,30H,(H,32,33). The predicted molar refractivity (Wildman–Crippen MR) is 112 cm³/mol.